The first kappa shape index (κ1) is 18.4. The lowest BCUT2D eigenvalue weighted by Gasteiger charge is -2.16. The number of amides is 2. The van der Waals surface area contributed by atoms with Crippen LogP contribution in [0.3, 0.4) is 0 Å². The third-order valence-corrected chi connectivity index (χ3v) is 5.12. The van der Waals surface area contributed by atoms with Crippen LogP contribution in [0.4, 0.5) is 11.7 Å². The Hall–Kier alpha value is -3.00. The summed E-state index contributed by atoms with van der Waals surface area (Å²) in [6.45, 7) is 2.46. The number of hydrogen-bond donors (Lipinski definition) is 1. The number of anilines is 2. The van der Waals surface area contributed by atoms with Crippen LogP contribution in [0.2, 0.25) is 0 Å². The zero-order chi connectivity index (χ0) is 19.7. The molecule has 142 valence electrons. The molecule has 2 heterocycles. The zero-order valence-electron chi connectivity index (χ0n) is 15.1. The zero-order valence-corrected chi connectivity index (χ0v) is 16.6. The minimum atomic E-state index is -0.341. The molecule has 8 heteroatoms. The highest BCUT2D eigenvalue weighted by atomic mass is 79.9. The molecule has 0 saturated carbocycles. The van der Waals surface area contributed by atoms with E-state index in [1.807, 2.05) is 31.2 Å². The molecule has 0 unspecified atom stereocenters. The molecule has 3 aromatic rings. The first-order chi connectivity index (χ1) is 13.5. The van der Waals surface area contributed by atoms with Gasteiger partial charge < -0.3 is 9.32 Å². The van der Waals surface area contributed by atoms with E-state index in [0.717, 1.165) is 15.7 Å². The van der Waals surface area contributed by atoms with Gasteiger partial charge in [-0.2, -0.15) is 0 Å². The van der Waals surface area contributed by atoms with Crippen molar-refractivity contribution in [3.05, 3.63) is 70.0 Å². The molecule has 1 fully saturated rings. The molecule has 28 heavy (non-hydrogen) atoms. The van der Waals surface area contributed by atoms with E-state index in [4.69, 9.17) is 4.42 Å². The summed E-state index contributed by atoms with van der Waals surface area (Å²) in [6, 6.07) is 14.7. The van der Waals surface area contributed by atoms with E-state index in [1.54, 1.807) is 29.2 Å². The third kappa shape index (κ3) is 3.82. The SMILES string of the molecule is Cc1ccc(N2C[C@H](c3nnc(NC(=O)c4ccc(Br)cc4)o3)CC2=O)cc1. The van der Waals surface area contributed by atoms with E-state index >= 15 is 0 Å². The quantitative estimate of drug-likeness (QED) is 0.663. The Morgan fingerprint density at radius 3 is 2.57 bits per heavy atom. The lowest BCUT2D eigenvalue weighted by atomic mass is 10.1. The highest BCUT2D eigenvalue weighted by Crippen LogP contribution is 2.31. The van der Waals surface area contributed by atoms with Crippen LogP contribution in [-0.4, -0.2) is 28.6 Å². The van der Waals surface area contributed by atoms with Gasteiger partial charge >= 0.3 is 6.01 Å². The molecule has 1 aliphatic rings. The summed E-state index contributed by atoms with van der Waals surface area (Å²) < 4.78 is 6.48. The van der Waals surface area contributed by atoms with Gasteiger partial charge in [-0.15, -0.1) is 5.10 Å². The van der Waals surface area contributed by atoms with Crippen molar-refractivity contribution >= 4 is 39.4 Å². The summed E-state index contributed by atoms with van der Waals surface area (Å²) in [7, 11) is 0. The van der Waals surface area contributed by atoms with E-state index < -0.39 is 0 Å². The number of benzene rings is 2. The van der Waals surface area contributed by atoms with Crippen LogP contribution in [0.25, 0.3) is 0 Å². The highest BCUT2D eigenvalue weighted by Gasteiger charge is 2.35. The van der Waals surface area contributed by atoms with Crippen molar-refractivity contribution in [2.24, 2.45) is 0 Å². The normalized spacial score (nSPS) is 16.4. The van der Waals surface area contributed by atoms with Gasteiger partial charge in [0.25, 0.3) is 5.91 Å². The summed E-state index contributed by atoms with van der Waals surface area (Å²) in [6.07, 6.45) is 0.288. The van der Waals surface area contributed by atoms with E-state index in [1.165, 1.54) is 0 Å². The fourth-order valence-corrected chi connectivity index (χ4v) is 3.33. The van der Waals surface area contributed by atoms with Crippen LogP contribution in [-0.2, 0) is 4.79 Å². The monoisotopic (exact) mass is 440 g/mol. The van der Waals surface area contributed by atoms with Gasteiger partial charge in [0.1, 0.15) is 0 Å². The van der Waals surface area contributed by atoms with Gasteiger partial charge in [0.2, 0.25) is 11.8 Å². The molecule has 0 bridgehead atoms. The number of nitrogens with zero attached hydrogens (tertiary/aromatic N) is 3. The first-order valence-corrected chi connectivity index (χ1v) is 9.56. The molecule has 7 nitrogen and oxygen atoms in total. The van der Waals surface area contributed by atoms with Crippen molar-refractivity contribution in [3.63, 3.8) is 0 Å². The Morgan fingerprint density at radius 1 is 1.14 bits per heavy atom. The summed E-state index contributed by atoms with van der Waals surface area (Å²) in [4.78, 5) is 26.4. The molecule has 4 rings (SSSR count). The maximum atomic E-state index is 12.4. The van der Waals surface area contributed by atoms with Crippen LogP contribution < -0.4 is 10.2 Å². The number of aryl methyl sites for hydroxylation is 1. The lowest BCUT2D eigenvalue weighted by Crippen LogP contribution is -2.24. The summed E-state index contributed by atoms with van der Waals surface area (Å²) >= 11 is 3.33. The average molecular weight is 441 g/mol. The number of nitrogens with one attached hydrogen (secondary N) is 1. The molecule has 2 amide bonds. The number of carbonyl (C=O) groups is 2. The van der Waals surface area contributed by atoms with Gasteiger partial charge in [-0.25, -0.2) is 0 Å². The van der Waals surface area contributed by atoms with Crippen molar-refractivity contribution < 1.29 is 14.0 Å². The molecule has 1 aliphatic heterocycles. The molecule has 0 radical (unpaired) electrons. The van der Waals surface area contributed by atoms with E-state index in [9.17, 15) is 9.59 Å². The van der Waals surface area contributed by atoms with Gasteiger partial charge in [0.05, 0.1) is 5.92 Å². The van der Waals surface area contributed by atoms with Crippen molar-refractivity contribution in [1.82, 2.24) is 10.2 Å². The predicted molar refractivity (Wildman–Crippen MR) is 107 cm³/mol. The molecule has 1 N–H and O–H groups in total. The molecule has 1 atom stereocenters. The predicted octanol–water partition coefficient (Wildman–Crippen LogP) is 3.91. The summed E-state index contributed by atoms with van der Waals surface area (Å²) in [5, 5.41) is 10.5. The Morgan fingerprint density at radius 2 is 1.86 bits per heavy atom. The van der Waals surface area contributed by atoms with Gasteiger partial charge in [0, 0.05) is 28.7 Å². The van der Waals surface area contributed by atoms with Gasteiger partial charge in [-0.1, -0.05) is 38.7 Å². The number of aromatic nitrogens is 2. The molecular formula is C20H17BrN4O3. The second-order valence-corrected chi connectivity index (χ2v) is 7.56. The van der Waals surface area contributed by atoms with E-state index in [2.05, 4.69) is 31.4 Å². The standard InChI is InChI=1S/C20H17BrN4O3/c1-12-2-8-16(9-3-12)25-11-14(10-17(25)26)19-23-24-20(28-19)22-18(27)13-4-6-15(21)7-5-13/h2-9,14H,10-11H2,1H3,(H,22,24,27)/t14-/m1/s1. The second-order valence-electron chi connectivity index (χ2n) is 6.65. The van der Waals surface area contributed by atoms with E-state index in [-0.39, 0.29) is 30.2 Å². The minimum Gasteiger partial charge on any atom is -0.407 e. The number of hydrogen-bond acceptors (Lipinski definition) is 5. The largest absolute Gasteiger partial charge is 0.407 e. The topological polar surface area (TPSA) is 88.3 Å². The van der Waals surface area contributed by atoms with Gasteiger partial charge in [0.15, 0.2) is 0 Å². The Labute approximate surface area is 169 Å². The third-order valence-electron chi connectivity index (χ3n) is 4.59. The van der Waals surface area contributed by atoms with Crippen LogP contribution in [0.15, 0.2) is 57.4 Å². The summed E-state index contributed by atoms with van der Waals surface area (Å²) in [5.74, 6) is -0.201. The average Bonchev–Trinajstić information content (AvgIpc) is 3.29. The Bertz CT molecular complexity index is 1010. The van der Waals surface area contributed by atoms with Gasteiger partial charge in [-0.05, 0) is 43.3 Å². The second kappa shape index (κ2) is 7.55. The molecule has 0 spiro atoms. The smallest absolute Gasteiger partial charge is 0.322 e. The minimum absolute atomic E-state index is 0.00695. The van der Waals surface area contributed by atoms with Crippen molar-refractivity contribution in [2.75, 3.05) is 16.8 Å². The van der Waals surface area contributed by atoms with Crippen LogP contribution in [0.1, 0.15) is 34.2 Å². The van der Waals surface area contributed by atoms with Crippen molar-refractivity contribution in [3.8, 4) is 0 Å². The Kier molecular flexibility index (Phi) is 4.95. The lowest BCUT2D eigenvalue weighted by molar-refractivity contribution is -0.117. The molecule has 0 aliphatic carbocycles. The first-order valence-electron chi connectivity index (χ1n) is 8.77. The maximum absolute atomic E-state index is 12.4. The van der Waals surface area contributed by atoms with Crippen LogP contribution >= 0.6 is 15.9 Å². The molecule has 1 saturated heterocycles. The summed E-state index contributed by atoms with van der Waals surface area (Å²) in [5.41, 5.74) is 2.46. The fraction of sp³-hybridized carbons (Fsp3) is 0.200. The number of rotatable bonds is 4. The van der Waals surface area contributed by atoms with Gasteiger partial charge in [-0.3, -0.25) is 14.9 Å². The highest BCUT2D eigenvalue weighted by molar-refractivity contribution is 9.10. The van der Waals surface area contributed by atoms with Crippen LogP contribution in [0, 0.1) is 6.92 Å². The van der Waals surface area contributed by atoms with Crippen molar-refractivity contribution in [1.29, 1.82) is 0 Å². The van der Waals surface area contributed by atoms with Crippen LogP contribution in [0.5, 0.6) is 0 Å². The van der Waals surface area contributed by atoms with Crippen molar-refractivity contribution in [2.45, 2.75) is 19.3 Å². The van der Waals surface area contributed by atoms with E-state index in [0.29, 0.717) is 18.0 Å². The molecular weight excluding hydrogens is 424 g/mol. The Balaban J connectivity index is 1.44. The maximum Gasteiger partial charge on any atom is 0.322 e. The number of halogens is 1. The molecule has 2 aromatic carbocycles. The molecule has 1 aromatic heterocycles. The fourth-order valence-electron chi connectivity index (χ4n) is 3.07. The number of carbonyl (C=O) groups excluding carboxylic acids is 2.